The van der Waals surface area contributed by atoms with Crippen molar-refractivity contribution in [1.82, 2.24) is 19.7 Å². The molecule has 1 saturated heterocycles. The normalized spacial score (nSPS) is 22.4. The highest BCUT2D eigenvalue weighted by Gasteiger charge is 2.35. The molecule has 21 heavy (non-hydrogen) atoms. The Morgan fingerprint density at radius 1 is 1.43 bits per heavy atom. The molecule has 1 aliphatic rings. The van der Waals surface area contributed by atoms with E-state index in [0.29, 0.717) is 11.8 Å². The Labute approximate surface area is 123 Å². The fourth-order valence-electron chi connectivity index (χ4n) is 2.69. The largest absolute Gasteiger partial charge is 0.369 e. The molecule has 0 unspecified atom stereocenters. The summed E-state index contributed by atoms with van der Waals surface area (Å²) in [6.07, 6.45) is 5.63. The quantitative estimate of drug-likeness (QED) is 0.858. The number of imidazole rings is 1. The molecule has 0 aliphatic carbocycles. The van der Waals surface area contributed by atoms with E-state index in [4.69, 9.17) is 9.26 Å². The van der Waals surface area contributed by atoms with Crippen molar-refractivity contribution in [2.45, 2.75) is 38.3 Å². The zero-order valence-electron chi connectivity index (χ0n) is 12.7. The van der Waals surface area contributed by atoms with Gasteiger partial charge in [0.2, 0.25) is 5.89 Å². The van der Waals surface area contributed by atoms with Gasteiger partial charge in [-0.3, -0.25) is 0 Å². The van der Waals surface area contributed by atoms with Gasteiger partial charge in [-0.1, -0.05) is 0 Å². The molecule has 7 nitrogen and oxygen atoms in total. The topological polar surface area (TPSA) is 69.2 Å². The number of hydrogen-bond donors (Lipinski definition) is 0. The van der Waals surface area contributed by atoms with E-state index >= 15 is 0 Å². The van der Waals surface area contributed by atoms with Crippen LogP contribution in [0.15, 0.2) is 16.9 Å². The van der Waals surface area contributed by atoms with Crippen LogP contribution in [0.1, 0.15) is 43.5 Å². The molecule has 0 amide bonds. The Hall–Kier alpha value is -1.89. The maximum Gasteiger partial charge on any atom is 0.265 e. The van der Waals surface area contributed by atoms with E-state index in [1.807, 2.05) is 31.4 Å². The van der Waals surface area contributed by atoms with Gasteiger partial charge in [0.05, 0.1) is 5.92 Å². The Kier molecular flexibility index (Phi) is 3.92. The Balaban J connectivity index is 1.90. The van der Waals surface area contributed by atoms with Crippen molar-refractivity contribution in [2.75, 3.05) is 25.6 Å². The fraction of sp³-hybridized carbons (Fsp3) is 0.643. The molecule has 114 valence electrons. The van der Waals surface area contributed by atoms with Crippen molar-refractivity contribution >= 4 is 5.95 Å². The zero-order valence-corrected chi connectivity index (χ0v) is 12.7. The number of aryl methyl sites for hydroxylation is 1. The smallest absolute Gasteiger partial charge is 0.265 e. The minimum Gasteiger partial charge on any atom is -0.369 e. The van der Waals surface area contributed by atoms with Crippen molar-refractivity contribution in [3.63, 3.8) is 0 Å². The third-order valence-corrected chi connectivity index (χ3v) is 3.81. The number of rotatable bonds is 4. The second kappa shape index (κ2) is 5.85. The molecule has 0 N–H and O–H groups in total. The lowest BCUT2D eigenvalue weighted by Crippen LogP contribution is -2.24. The van der Waals surface area contributed by atoms with Crippen molar-refractivity contribution in [3.05, 3.63) is 24.1 Å². The summed E-state index contributed by atoms with van der Waals surface area (Å²) in [5, 5.41) is 4.01. The summed E-state index contributed by atoms with van der Waals surface area (Å²) < 4.78 is 13.5. The van der Waals surface area contributed by atoms with E-state index in [1.54, 1.807) is 0 Å². The molecule has 1 fully saturated rings. The van der Waals surface area contributed by atoms with Gasteiger partial charge in [0, 0.05) is 39.6 Å². The molecule has 3 heterocycles. The van der Waals surface area contributed by atoms with Crippen molar-refractivity contribution in [1.29, 1.82) is 0 Å². The van der Waals surface area contributed by atoms with Gasteiger partial charge in [0.1, 0.15) is 11.9 Å². The highest BCUT2D eigenvalue weighted by atomic mass is 16.5. The molecular weight excluding hydrogens is 270 g/mol. The van der Waals surface area contributed by atoms with E-state index in [1.165, 1.54) is 0 Å². The lowest BCUT2D eigenvalue weighted by molar-refractivity contribution is -0.0173. The molecule has 7 heteroatoms. The molecule has 1 aliphatic heterocycles. The van der Waals surface area contributed by atoms with Gasteiger partial charge in [-0.05, 0) is 24.9 Å². The maximum atomic E-state index is 5.98. The Bertz CT molecular complexity index is 592. The van der Waals surface area contributed by atoms with Gasteiger partial charge < -0.3 is 18.7 Å². The first-order chi connectivity index (χ1) is 10.2. The first-order valence-corrected chi connectivity index (χ1v) is 7.34. The predicted molar refractivity (Wildman–Crippen MR) is 77.2 cm³/mol. The number of ether oxygens (including phenoxy) is 1. The summed E-state index contributed by atoms with van der Waals surface area (Å²) in [7, 11) is 3.79. The number of nitrogens with zero attached hydrogens (tertiary/aromatic N) is 5. The highest BCUT2D eigenvalue weighted by Crippen LogP contribution is 2.39. The minimum absolute atomic E-state index is 0.0626. The van der Waals surface area contributed by atoms with Gasteiger partial charge in [-0.2, -0.15) is 4.98 Å². The van der Waals surface area contributed by atoms with Crippen LogP contribution < -0.4 is 4.90 Å². The monoisotopic (exact) mass is 291 g/mol. The predicted octanol–water partition coefficient (Wildman–Crippen LogP) is 1.99. The summed E-state index contributed by atoms with van der Waals surface area (Å²) in [4.78, 5) is 10.8. The Morgan fingerprint density at radius 3 is 3.00 bits per heavy atom. The van der Waals surface area contributed by atoms with Crippen molar-refractivity contribution < 1.29 is 9.26 Å². The van der Waals surface area contributed by atoms with Crippen molar-refractivity contribution in [3.8, 4) is 0 Å². The third-order valence-electron chi connectivity index (χ3n) is 3.81. The van der Waals surface area contributed by atoms with Crippen molar-refractivity contribution in [2.24, 2.45) is 0 Å². The Morgan fingerprint density at radius 2 is 2.29 bits per heavy atom. The lowest BCUT2D eigenvalue weighted by Gasteiger charge is -2.29. The highest BCUT2D eigenvalue weighted by molar-refractivity contribution is 5.25. The van der Waals surface area contributed by atoms with Crippen LogP contribution >= 0.6 is 0 Å². The zero-order chi connectivity index (χ0) is 14.8. The standard InChI is InChI=1S/C14H21N5O2/c1-4-19-8-7-15-12(19)11-10(6-5-9-20-11)13-16-14(17-21-13)18(2)3/h7-8,10-11H,4-6,9H2,1-3H3/t10-,11-/m1/s1. The van der Waals surface area contributed by atoms with E-state index in [0.717, 1.165) is 31.8 Å². The molecule has 2 aromatic rings. The fourth-order valence-corrected chi connectivity index (χ4v) is 2.69. The van der Waals surface area contributed by atoms with Gasteiger partial charge in [-0.15, -0.1) is 0 Å². The van der Waals surface area contributed by atoms with Crippen LogP contribution in [0.5, 0.6) is 0 Å². The van der Waals surface area contributed by atoms with Crippen LogP contribution in [0.4, 0.5) is 5.95 Å². The van der Waals surface area contributed by atoms with Crippen LogP contribution in [0.2, 0.25) is 0 Å². The molecule has 0 radical (unpaired) electrons. The first kappa shape index (κ1) is 14.1. The third kappa shape index (κ3) is 2.65. The van der Waals surface area contributed by atoms with Gasteiger partial charge in [0.25, 0.3) is 5.95 Å². The summed E-state index contributed by atoms with van der Waals surface area (Å²) in [6.45, 7) is 3.71. The number of anilines is 1. The second-order valence-electron chi connectivity index (χ2n) is 5.44. The van der Waals surface area contributed by atoms with Gasteiger partial charge in [-0.25, -0.2) is 4.98 Å². The number of hydrogen-bond acceptors (Lipinski definition) is 6. The molecule has 0 spiro atoms. The molecule has 0 bridgehead atoms. The van der Waals surface area contributed by atoms with Crippen LogP contribution in [0, 0.1) is 0 Å². The maximum absolute atomic E-state index is 5.98. The summed E-state index contributed by atoms with van der Waals surface area (Å²) in [5.41, 5.74) is 0. The van der Waals surface area contributed by atoms with E-state index in [9.17, 15) is 0 Å². The minimum atomic E-state index is -0.121. The first-order valence-electron chi connectivity index (χ1n) is 7.34. The molecular formula is C14H21N5O2. The lowest BCUT2D eigenvalue weighted by atomic mass is 9.93. The average molecular weight is 291 g/mol. The van der Waals surface area contributed by atoms with Gasteiger partial charge >= 0.3 is 0 Å². The second-order valence-corrected chi connectivity index (χ2v) is 5.44. The van der Waals surface area contributed by atoms with E-state index in [-0.39, 0.29) is 12.0 Å². The van der Waals surface area contributed by atoms with E-state index < -0.39 is 0 Å². The molecule has 2 atom stereocenters. The van der Waals surface area contributed by atoms with Crippen LogP contribution in [0.3, 0.4) is 0 Å². The number of aromatic nitrogens is 4. The molecule has 0 saturated carbocycles. The van der Waals surface area contributed by atoms with Crippen LogP contribution in [0.25, 0.3) is 0 Å². The molecule has 0 aromatic carbocycles. The van der Waals surface area contributed by atoms with Crippen LogP contribution in [-0.4, -0.2) is 40.4 Å². The molecule has 2 aromatic heterocycles. The van der Waals surface area contributed by atoms with Gasteiger partial charge in [0.15, 0.2) is 0 Å². The van der Waals surface area contributed by atoms with E-state index in [2.05, 4.69) is 26.6 Å². The summed E-state index contributed by atoms with van der Waals surface area (Å²) in [5.74, 6) is 2.22. The molecule has 3 rings (SSSR count). The summed E-state index contributed by atoms with van der Waals surface area (Å²) in [6, 6.07) is 0. The summed E-state index contributed by atoms with van der Waals surface area (Å²) >= 11 is 0. The average Bonchev–Trinajstić information content (AvgIpc) is 3.16. The van der Waals surface area contributed by atoms with Crippen LogP contribution in [-0.2, 0) is 11.3 Å². The SMILES string of the molecule is CCn1ccnc1[C@@H]1OCCC[C@H]1c1nc(N(C)C)no1.